The van der Waals surface area contributed by atoms with E-state index >= 15 is 0 Å². The van der Waals surface area contributed by atoms with Crippen molar-refractivity contribution in [2.45, 2.75) is 6.42 Å². The van der Waals surface area contributed by atoms with E-state index in [0.29, 0.717) is 5.96 Å². The minimum absolute atomic E-state index is 0. The number of nitrogens with two attached hydrogens (primary N) is 1. The van der Waals surface area contributed by atoms with Gasteiger partial charge in [-0.05, 0) is 28.1 Å². The molecule has 0 spiro atoms. The van der Waals surface area contributed by atoms with E-state index in [9.17, 15) is 0 Å². The molecule has 102 valence electrons. The summed E-state index contributed by atoms with van der Waals surface area (Å²) in [6, 6.07) is 4.18. The summed E-state index contributed by atoms with van der Waals surface area (Å²) in [5, 5.41) is 0. The van der Waals surface area contributed by atoms with Gasteiger partial charge in [-0.25, -0.2) is 0 Å². The van der Waals surface area contributed by atoms with E-state index in [1.807, 2.05) is 0 Å². The Morgan fingerprint density at radius 1 is 1.44 bits per heavy atom. The van der Waals surface area contributed by atoms with Crippen molar-refractivity contribution in [2.24, 2.45) is 10.7 Å². The molecule has 0 unspecified atom stereocenters. The zero-order valence-electron chi connectivity index (χ0n) is 9.97. The third-order valence-electron chi connectivity index (χ3n) is 2.60. The molecule has 1 fully saturated rings. The number of ether oxygens (including phenoxy) is 1. The van der Waals surface area contributed by atoms with E-state index in [4.69, 9.17) is 10.5 Å². The van der Waals surface area contributed by atoms with Crippen molar-refractivity contribution in [2.75, 3.05) is 32.8 Å². The van der Waals surface area contributed by atoms with Crippen molar-refractivity contribution in [3.05, 3.63) is 20.8 Å². The lowest BCUT2D eigenvalue weighted by molar-refractivity contribution is 0.0674. The smallest absolute Gasteiger partial charge is 0.191 e. The van der Waals surface area contributed by atoms with Crippen LogP contribution in [0.4, 0.5) is 0 Å². The van der Waals surface area contributed by atoms with Crippen LogP contribution in [-0.2, 0) is 11.2 Å². The van der Waals surface area contributed by atoms with Crippen LogP contribution in [0.1, 0.15) is 4.88 Å². The second-order valence-corrected chi connectivity index (χ2v) is 6.34. The minimum Gasteiger partial charge on any atom is -0.378 e. The lowest BCUT2D eigenvalue weighted by Crippen LogP contribution is -2.44. The van der Waals surface area contributed by atoms with Gasteiger partial charge in [0.1, 0.15) is 0 Å². The Morgan fingerprint density at radius 2 is 2.17 bits per heavy atom. The molecule has 1 saturated heterocycles. The van der Waals surface area contributed by atoms with Gasteiger partial charge in [-0.2, -0.15) is 0 Å². The van der Waals surface area contributed by atoms with E-state index in [0.717, 1.165) is 43.1 Å². The van der Waals surface area contributed by atoms with Gasteiger partial charge in [0.05, 0.1) is 17.0 Å². The molecule has 0 bridgehead atoms. The Hall–Kier alpha value is 0.140. The quantitative estimate of drug-likeness (QED) is 0.441. The number of nitrogens with zero attached hydrogens (tertiary/aromatic N) is 2. The molecule has 0 radical (unpaired) electrons. The lowest BCUT2D eigenvalue weighted by atomic mass is 10.3. The lowest BCUT2D eigenvalue weighted by Gasteiger charge is -2.27. The molecule has 18 heavy (non-hydrogen) atoms. The number of morpholine rings is 1. The van der Waals surface area contributed by atoms with Gasteiger partial charge in [-0.1, -0.05) is 0 Å². The fraction of sp³-hybridized carbons (Fsp3) is 0.545. The molecule has 0 atom stereocenters. The van der Waals surface area contributed by atoms with Gasteiger partial charge in [0.15, 0.2) is 5.96 Å². The molecule has 1 aliphatic heterocycles. The second kappa shape index (κ2) is 8.34. The molecule has 1 aromatic heterocycles. The van der Waals surface area contributed by atoms with E-state index in [-0.39, 0.29) is 24.0 Å². The Kier molecular flexibility index (Phi) is 7.50. The SMILES string of the molecule is I.NC(=NCCc1ccc(Br)s1)N1CCOCC1. The van der Waals surface area contributed by atoms with Crippen LogP contribution < -0.4 is 5.73 Å². The van der Waals surface area contributed by atoms with Crippen LogP contribution in [0.3, 0.4) is 0 Å². The molecule has 0 amide bonds. The molecule has 4 nitrogen and oxygen atoms in total. The van der Waals surface area contributed by atoms with Crippen molar-refractivity contribution < 1.29 is 4.74 Å². The molecular formula is C11H17BrIN3OS. The minimum atomic E-state index is 0. The highest BCUT2D eigenvalue weighted by Gasteiger charge is 2.11. The Morgan fingerprint density at radius 3 is 2.78 bits per heavy atom. The molecule has 2 rings (SSSR count). The third kappa shape index (κ3) is 5.02. The monoisotopic (exact) mass is 445 g/mol. The van der Waals surface area contributed by atoms with Crippen LogP contribution >= 0.6 is 51.2 Å². The molecule has 1 aromatic rings. The number of hydrogen-bond donors (Lipinski definition) is 1. The highest BCUT2D eigenvalue weighted by Crippen LogP contribution is 2.22. The van der Waals surface area contributed by atoms with Crippen molar-refractivity contribution in [3.8, 4) is 0 Å². The van der Waals surface area contributed by atoms with Gasteiger partial charge in [-0.3, -0.25) is 4.99 Å². The number of rotatable bonds is 3. The number of guanidine groups is 1. The molecule has 0 aromatic carbocycles. The zero-order valence-corrected chi connectivity index (χ0v) is 14.7. The maximum Gasteiger partial charge on any atom is 0.191 e. The summed E-state index contributed by atoms with van der Waals surface area (Å²) in [4.78, 5) is 7.81. The average Bonchev–Trinajstić information content (AvgIpc) is 2.76. The van der Waals surface area contributed by atoms with Gasteiger partial charge >= 0.3 is 0 Å². The molecule has 0 saturated carbocycles. The summed E-state index contributed by atoms with van der Waals surface area (Å²) < 4.78 is 6.44. The summed E-state index contributed by atoms with van der Waals surface area (Å²) in [6.45, 7) is 3.93. The third-order valence-corrected chi connectivity index (χ3v) is 4.28. The first-order valence-corrected chi connectivity index (χ1v) is 7.23. The Labute approximate surface area is 137 Å². The Balaban J connectivity index is 0.00000162. The van der Waals surface area contributed by atoms with Crippen molar-refractivity contribution >= 4 is 57.2 Å². The standard InChI is InChI=1S/C11H16BrN3OS.HI/c12-10-2-1-9(17-10)3-4-14-11(13)15-5-7-16-8-6-15;/h1-2H,3-8H2,(H2,13,14);1H. The fourth-order valence-electron chi connectivity index (χ4n) is 1.66. The largest absolute Gasteiger partial charge is 0.378 e. The number of aliphatic imine (C=N–C) groups is 1. The summed E-state index contributed by atoms with van der Waals surface area (Å²) in [5.74, 6) is 0.643. The maximum atomic E-state index is 5.93. The first-order chi connectivity index (χ1) is 8.25. The van der Waals surface area contributed by atoms with Gasteiger partial charge in [0, 0.05) is 30.9 Å². The van der Waals surface area contributed by atoms with Crippen LogP contribution in [0.2, 0.25) is 0 Å². The number of hydrogen-bond acceptors (Lipinski definition) is 3. The van der Waals surface area contributed by atoms with E-state index < -0.39 is 0 Å². The Bertz CT molecular complexity index is 393. The van der Waals surface area contributed by atoms with Gasteiger partial charge in [0.25, 0.3) is 0 Å². The summed E-state index contributed by atoms with van der Waals surface area (Å²) in [6.07, 6.45) is 0.946. The van der Waals surface area contributed by atoms with Gasteiger partial charge in [-0.15, -0.1) is 35.3 Å². The number of thiophene rings is 1. The number of halogens is 2. The second-order valence-electron chi connectivity index (χ2n) is 3.80. The fourth-order valence-corrected chi connectivity index (χ4v) is 3.13. The van der Waals surface area contributed by atoms with Crippen molar-refractivity contribution in [1.29, 1.82) is 0 Å². The predicted octanol–water partition coefficient (Wildman–Crippen LogP) is 2.32. The van der Waals surface area contributed by atoms with Gasteiger partial charge in [0.2, 0.25) is 0 Å². The highest BCUT2D eigenvalue weighted by molar-refractivity contribution is 14.0. The van der Waals surface area contributed by atoms with Crippen molar-refractivity contribution in [3.63, 3.8) is 0 Å². The normalized spacial score (nSPS) is 16.5. The molecule has 7 heteroatoms. The first-order valence-electron chi connectivity index (χ1n) is 5.62. The molecule has 2 N–H and O–H groups in total. The van der Waals surface area contributed by atoms with Crippen LogP contribution in [0.25, 0.3) is 0 Å². The molecule has 1 aliphatic rings. The van der Waals surface area contributed by atoms with Crippen LogP contribution in [0.15, 0.2) is 20.9 Å². The van der Waals surface area contributed by atoms with E-state index in [1.165, 1.54) is 4.88 Å². The van der Waals surface area contributed by atoms with Gasteiger partial charge < -0.3 is 15.4 Å². The highest BCUT2D eigenvalue weighted by atomic mass is 127. The summed E-state index contributed by atoms with van der Waals surface area (Å²) in [7, 11) is 0. The predicted molar refractivity (Wildman–Crippen MR) is 90.0 cm³/mol. The average molecular weight is 446 g/mol. The molecule has 2 heterocycles. The first kappa shape index (κ1) is 16.2. The molecule has 0 aliphatic carbocycles. The summed E-state index contributed by atoms with van der Waals surface area (Å²) >= 11 is 5.20. The van der Waals surface area contributed by atoms with E-state index in [1.54, 1.807) is 11.3 Å². The van der Waals surface area contributed by atoms with Crippen LogP contribution in [0.5, 0.6) is 0 Å². The van der Waals surface area contributed by atoms with E-state index in [2.05, 4.69) is 38.0 Å². The zero-order chi connectivity index (χ0) is 12.1. The van der Waals surface area contributed by atoms with Crippen molar-refractivity contribution in [1.82, 2.24) is 4.90 Å². The summed E-state index contributed by atoms with van der Waals surface area (Å²) in [5.41, 5.74) is 5.93. The maximum absolute atomic E-state index is 5.93. The van der Waals surface area contributed by atoms with Crippen LogP contribution in [-0.4, -0.2) is 43.7 Å². The topological polar surface area (TPSA) is 50.8 Å². The van der Waals surface area contributed by atoms with Crippen LogP contribution in [0, 0.1) is 0 Å². The molecular weight excluding hydrogens is 429 g/mol.